The molecule has 0 aliphatic carbocycles. The molecule has 110 valence electrons. The zero-order chi connectivity index (χ0) is 15.5. The summed E-state index contributed by atoms with van der Waals surface area (Å²) in [6.45, 7) is 1.82. The molecule has 7 nitrogen and oxygen atoms in total. The molecule has 0 saturated carbocycles. The van der Waals surface area contributed by atoms with E-state index >= 15 is 0 Å². The lowest BCUT2D eigenvalue weighted by Crippen LogP contribution is -2.15. The summed E-state index contributed by atoms with van der Waals surface area (Å²) in [6, 6.07) is 10.8. The highest BCUT2D eigenvalue weighted by atomic mass is 19.1. The van der Waals surface area contributed by atoms with Gasteiger partial charge in [0.15, 0.2) is 0 Å². The summed E-state index contributed by atoms with van der Waals surface area (Å²) in [6.07, 6.45) is 0. The maximum absolute atomic E-state index is 12.9. The Balaban J connectivity index is 1.78. The van der Waals surface area contributed by atoms with Crippen molar-refractivity contribution in [1.82, 2.24) is 25.2 Å². The maximum Gasteiger partial charge on any atom is 0.298 e. The smallest absolute Gasteiger partial charge is 0.298 e. The van der Waals surface area contributed by atoms with Crippen LogP contribution in [0, 0.1) is 12.7 Å². The molecule has 0 aliphatic heterocycles. The predicted octanol–water partition coefficient (Wildman–Crippen LogP) is 1.76. The summed E-state index contributed by atoms with van der Waals surface area (Å²) < 4.78 is 12.9. The highest BCUT2D eigenvalue weighted by Gasteiger charge is 2.14. The molecule has 0 aliphatic rings. The van der Waals surface area contributed by atoms with Crippen molar-refractivity contribution >= 4 is 11.7 Å². The molecule has 0 spiro atoms. The van der Waals surface area contributed by atoms with Crippen LogP contribution in [0.3, 0.4) is 0 Å². The molecule has 1 amide bonds. The second-order valence-corrected chi connectivity index (χ2v) is 4.50. The van der Waals surface area contributed by atoms with Gasteiger partial charge in [-0.25, -0.2) is 9.37 Å². The first-order valence-electron chi connectivity index (χ1n) is 6.43. The number of hydrogen-bond acceptors (Lipinski definition) is 5. The van der Waals surface area contributed by atoms with Gasteiger partial charge in [0.05, 0.1) is 5.69 Å². The monoisotopic (exact) mass is 298 g/mol. The van der Waals surface area contributed by atoms with Crippen molar-refractivity contribution in [3.63, 3.8) is 0 Å². The summed E-state index contributed by atoms with van der Waals surface area (Å²) in [5.41, 5.74) is 1.28. The molecule has 1 N–H and O–H groups in total. The van der Waals surface area contributed by atoms with Crippen LogP contribution >= 0.6 is 0 Å². The van der Waals surface area contributed by atoms with Crippen LogP contribution in [0.25, 0.3) is 5.69 Å². The average Bonchev–Trinajstić information content (AvgIpc) is 2.98. The molecule has 0 unspecified atom stereocenters. The number of rotatable bonds is 3. The minimum absolute atomic E-state index is 0.104. The molecule has 8 heteroatoms. The standard InChI is InChI=1S/C14H11FN6O/c1-9-3-2-4-12(16-9)17-14(22)13-18-20-21(19-13)11-7-5-10(15)6-8-11/h2-8H,1H3,(H,16,17,22). The van der Waals surface area contributed by atoms with Crippen molar-refractivity contribution in [2.75, 3.05) is 5.32 Å². The third-order valence-corrected chi connectivity index (χ3v) is 2.80. The van der Waals surface area contributed by atoms with Gasteiger partial charge in [0.1, 0.15) is 11.6 Å². The molecule has 2 heterocycles. The van der Waals surface area contributed by atoms with E-state index in [0.29, 0.717) is 11.5 Å². The van der Waals surface area contributed by atoms with E-state index in [0.717, 1.165) is 10.5 Å². The van der Waals surface area contributed by atoms with Gasteiger partial charge in [0.2, 0.25) is 0 Å². The van der Waals surface area contributed by atoms with Crippen LogP contribution in [0.4, 0.5) is 10.2 Å². The van der Waals surface area contributed by atoms with Crippen LogP contribution < -0.4 is 5.32 Å². The summed E-state index contributed by atoms with van der Waals surface area (Å²) >= 11 is 0. The minimum atomic E-state index is -0.522. The van der Waals surface area contributed by atoms with Crippen LogP contribution in [0.15, 0.2) is 42.5 Å². The number of carbonyl (C=O) groups excluding carboxylic acids is 1. The highest BCUT2D eigenvalue weighted by Crippen LogP contribution is 2.08. The Kier molecular flexibility index (Phi) is 3.57. The van der Waals surface area contributed by atoms with E-state index in [2.05, 4.69) is 25.7 Å². The topological polar surface area (TPSA) is 85.6 Å². The highest BCUT2D eigenvalue weighted by molar-refractivity contribution is 6.00. The van der Waals surface area contributed by atoms with Crippen LogP contribution in [-0.2, 0) is 0 Å². The van der Waals surface area contributed by atoms with E-state index in [-0.39, 0.29) is 11.6 Å². The van der Waals surface area contributed by atoms with Gasteiger partial charge in [0.25, 0.3) is 11.7 Å². The fourth-order valence-electron chi connectivity index (χ4n) is 1.77. The second kappa shape index (κ2) is 5.68. The van der Waals surface area contributed by atoms with Crippen molar-refractivity contribution < 1.29 is 9.18 Å². The fraction of sp³-hybridized carbons (Fsp3) is 0.0714. The Morgan fingerprint density at radius 1 is 1.18 bits per heavy atom. The number of nitrogens with zero attached hydrogens (tertiary/aromatic N) is 5. The molecule has 3 rings (SSSR count). The average molecular weight is 298 g/mol. The lowest BCUT2D eigenvalue weighted by Gasteiger charge is -2.01. The minimum Gasteiger partial charge on any atom is -0.304 e. The molecule has 0 radical (unpaired) electrons. The number of aryl methyl sites for hydroxylation is 1. The van der Waals surface area contributed by atoms with Gasteiger partial charge < -0.3 is 5.32 Å². The van der Waals surface area contributed by atoms with Crippen molar-refractivity contribution in [2.24, 2.45) is 0 Å². The number of anilines is 1. The quantitative estimate of drug-likeness (QED) is 0.796. The maximum atomic E-state index is 12.9. The lowest BCUT2D eigenvalue weighted by atomic mass is 10.3. The van der Waals surface area contributed by atoms with E-state index < -0.39 is 5.91 Å². The third kappa shape index (κ3) is 2.95. The first kappa shape index (κ1) is 13.8. The molecule has 0 fully saturated rings. The van der Waals surface area contributed by atoms with Crippen LogP contribution in [0.1, 0.15) is 16.3 Å². The van der Waals surface area contributed by atoms with Gasteiger partial charge in [-0.3, -0.25) is 4.79 Å². The van der Waals surface area contributed by atoms with E-state index in [4.69, 9.17) is 0 Å². The zero-order valence-corrected chi connectivity index (χ0v) is 11.6. The van der Waals surface area contributed by atoms with Gasteiger partial charge in [-0.15, -0.1) is 15.0 Å². The summed E-state index contributed by atoms with van der Waals surface area (Å²) in [7, 11) is 0. The number of pyridine rings is 1. The molecule has 0 bridgehead atoms. The van der Waals surface area contributed by atoms with Gasteiger partial charge >= 0.3 is 0 Å². The Hall–Kier alpha value is -3.16. The number of nitrogens with one attached hydrogen (secondary N) is 1. The normalized spacial score (nSPS) is 10.5. The van der Waals surface area contributed by atoms with Crippen molar-refractivity contribution in [1.29, 1.82) is 0 Å². The molecule has 1 aromatic carbocycles. The predicted molar refractivity (Wildman–Crippen MR) is 76.0 cm³/mol. The zero-order valence-electron chi connectivity index (χ0n) is 11.6. The number of benzene rings is 1. The van der Waals surface area contributed by atoms with Gasteiger partial charge in [-0.05, 0) is 48.5 Å². The van der Waals surface area contributed by atoms with Crippen LogP contribution in [-0.4, -0.2) is 31.1 Å². The molecule has 0 saturated heterocycles. The number of amides is 1. The first-order valence-corrected chi connectivity index (χ1v) is 6.43. The third-order valence-electron chi connectivity index (χ3n) is 2.80. The number of aromatic nitrogens is 5. The summed E-state index contributed by atoms with van der Waals surface area (Å²) in [4.78, 5) is 17.3. The number of carbonyl (C=O) groups is 1. The summed E-state index contributed by atoms with van der Waals surface area (Å²) in [5, 5.41) is 14.0. The lowest BCUT2D eigenvalue weighted by molar-refractivity contribution is 0.101. The molecule has 2 aromatic heterocycles. The van der Waals surface area contributed by atoms with Crippen molar-refractivity contribution in [3.8, 4) is 5.69 Å². The van der Waals surface area contributed by atoms with Crippen molar-refractivity contribution in [2.45, 2.75) is 6.92 Å². The van der Waals surface area contributed by atoms with E-state index in [1.807, 2.05) is 13.0 Å². The number of tetrazole rings is 1. The first-order chi connectivity index (χ1) is 10.6. The molecular formula is C14H11FN6O. The Bertz CT molecular complexity index is 814. The van der Waals surface area contributed by atoms with Crippen molar-refractivity contribution in [3.05, 3.63) is 59.8 Å². The number of halogens is 1. The van der Waals surface area contributed by atoms with E-state index in [1.54, 1.807) is 12.1 Å². The summed E-state index contributed by atoms with van der Waals surface area (Å²) in [5.74, 6) is -0.588. The molecule has 22 heavy (non-hydrogen) atoms. The number of hydrogen-bond donors (Lipinski definition) is 1. The Labute approximate surface area is 124 Å². The Morgan fingerprint density at radius 3 is 2.68 bits per heavy atom. The molecule has 0 atom stereocenters. The van der Waals surface area contributed by atoms with E-state index in [9.17, 15) is 9.18 Å². The van der Waals surface area contributed by atoms with Crippen LogP contribution in [0.5, 0.6) is 0 Å². The van der Waals surface area contributed by atoms with Gasteiger partial charge in [-0.1, -0.05) is 6.07 Å². The molecular weight excluding hydrogens is 287 g/mol. The SMILES string of the molecule is Cc1cccc(NC(=O)c2nnn(-c3ccc(F)cc3)n2)n1. The largest absolute Gasteiger partial charge is 0.304 e. The van der Waals surface area contributed by atoms with Gasteiger partial charge in [-0.2, -0.15) is 0 Å². The molecule has 3 aromatic rings. The van der Waals surface area contributed by atoms with E-state index in [1.165, 1.54) is 24.3 Å². The van der Waals surface area contributed by atoms with Crippen LogP contribution in [0.2, 0.25) is 0 Å². The second-order valence-electron chi connectivity index (χ2n) is 4.50. The fourth-order valence-corrected chi connectivity index (χ4v) is 1.77. The van der Waals surface area contributed by atoms with Gasteiger partial charge in [0, 0.05) is 5.69 Å². The Morgan fingerprint density at radius 2 is 1.95 bits per heavy atom.